The Balaban J connectivity index is 1.85. The van der Waals surface area contributed by atoms with Gasteiger partial charge in [0.05, 0.1) is 5.69 Å². The molecule has 1 atom stereocenters. The van der Waals surface area contributed by atoms with Gasteiger partial charge in [0.2, 0.25) is 5.44 Å². The SMILES string of the molecule is CNCCCC1Oc2cc3ccccc3cc2N(c2ccccc2)S1(O)O. The average Bonchev–Trinajstić information content (AvgIpc) is 2.67. The zero-order chi connectivity index (χ0) is 18.9. The molecule has 0 fully saturated rings. The normalized spacial score (nSPS) is 19.4. The molecule has 3 aromatic carbocycles. The number of nitrogens with zero attached hydrogens (tertiary/aromatic N) is 1. The third-order valence-electron chi connectivity index (χ3n) is 4.78. The lowest BCUT2D eigenvalue weighted by Gasteiger charge is -2.52. The smallest absolute Gasteiger partial charge is 0.206 e. The molecular weight excluding hydrogens is 360 g/mol. The lowest BCUT2D eigenvalue weighted by molar-refractivity contribution is 0.236. The number of rotatable bonds is 5. The summed E-state index contributed by atoms with van der Waals surface area (Å²) in [7, 11) is -1.31. The Morgan fingerprint density at radius 3 is 2.37 bits per heavy atom. The predicted octanol–water partition coefficient (Wildman–Crippen LogP) is 5.36. The van der Waals surface area contributed by atoms with Crippen LogP contribution in [-0.2, 0) is 0 Å². The van der Waals surface area contributed by atoms with Crippen molar-refractivity contribution in [2.24, 2.45) is 0 Å². The Morgan fingerprint density at radius 2 is 1.67 bits per heavy atom. The van der Waals surface area contributed by atoms with Gasteiger partial charge in [0.1, 0.15) is 11.4 Å². The molecule has 1 heterocycles. The number of ether oxygens (including phenoxy) is 1. The van der Waals surface area contributed by atoms with Crippen molar-refractivity contribution >= 4 is 32.9 Å². The van der Waals surface area contributed by atoms with Crippen molar-refractivity contribution in [3.05, 3.63) is 66.7 Å². The van der Waals surface area contributed by atoms with Gasteiger partial charge in [-0.3, -0.25) is 9.11 Å². The molecule has 6 heteroatoms. The van der Waals surface area contributed by atoms with Gasteiger partial charge in [-0.05, 0) is 55.1 Å². The van der Waals surface area contributed by atoms with Crippen LogP contribution in [0.2, 0.25) is 0 Å². The van der Waals surface area contributed by atoms with Gasteiger partial charge in [-0.25, -0.2) is 4.31 Å². The minimum absolute atomic E-state index is 0.554. The first-order valence-electron chi connectivity index (χ1n) is 9.08. The quantitative estimate of drug-likeness (QED) is 0.517. The lowest BCUT2D eigenvalue weighted by atomic mass is 10.1. The summed E-state index contributed by atoms with van der Waals surface area (Å²) in [6.07, 6.45) is 1.35. The highest BCUT2D eigenvalue weighted by Crippen LogP contribution is 2.62. The van der Waals surface area contributed by atoms with Crippen LogP contribution in [0.5, 0.6) is 5.75 Å². The Labute approximate surface area is 161 Å². The molecule has 1 aliphatic heterocycles. The van der Waals surface area contributed by atoms with Gasteiger partial charge < -0.3 is 10.1 Å². The third-order valence-corrected chi connectivity index (χ3v) is 6.77. The second kappa shape index (κ2) is 7.40. The Hall–Kier alpha value is -2.25. The highest BCUT2D eigenvalue weighted by atomic mass is 32.3. The van der Waals surface area contributed by atoms with E-state index in [0.717, 1.165) is 29.4 Å². The summed E-state index contributed by atoms with van der Waals surface area (Å²) in [6.45, 7) is 0.797. The maximum Gasteiger partial charge on any atom is 0.206 e. The van der Waals surface area contributed by atoms with Crippen molar-refractivity contribution in [3.8, 4) is 5.75 Å². The molecule has 5 nitrogen and oxygen atoms in total. The number of benzene rings is 3. The monoisotopic (exact) mass is 384 g/mol. The summed E-state index contributed by atoms with van der Waals surface area (Å²) >= 11 is 0. The van der Waals surface area contributed by atoms with Crippen LogP contribution in [0.3, 0.4) is 0 Å². The Bertz CT molecular complexity index is 933. The summed E-state index contributed by atoms with van der Waals surface area (Å²) in [5.74, 6) is 0.679. The van der Waals surface area contributed by atoms with Crippen LogP contribution in [0.1, 0.15) is 12.8 Å². The van der Waals surface area contributed by atoms with Crippen molar-refractivity contribution in [3.63, 3.8) is 0 Å². The number of hydrogen-bond acceptors (Lipinski definition) is 5. The minimum atomic E-state index is -3.20. The van der Waals surface area contributed by atoms with E-state index in [1.54, 1.807) is 4.31 Å². The summed E-state index contributed by atoms with van der Waals surface area (Å²) in [6, 6.07) is 21.5. The van der Waals surface area contributed by atoms with E-state index in [-0.39, 0.29) is 0 Å². The highest BCUT2D eigenvalue weighted by molar-refractivity contribution is 8.26. The van der Waals surface area contributed by atoms with Gasteiger partial charge in [0, 0.05) is 6.42 Å². The Kier molecular flexibility index (Phi) is 4.97. The first-order chi connectivity index (χ1) is 13.1. The van der Waals surface area contributed by atoms with Crippen molar-refractivity contribution < 1.29 is 13.8 Å². The molecule has 0 spiro atoms. The van der Waals surface area contributed by atoms with Crippen molar-refractivity contribution in [1.29, 1.82) is 0 Å². The van der Waals surface area contributed by atoms with Gasteiger partial charge in [-0.1, -0.05) is 53.2 Å². The topological polar surface area (TPSA) is 65.0 Å². The van der Waals surface area contributed by atoms with Gasteiger partial charge in [0.15, 0.2) is 0 Å². The molecule has 1 unspecified atom stereocenters. The van der Waals surface area contributed by atoms with Crippen LogP contribution >= 0.6 is 10.8 Å². The summed E-state index contributed by atoms with van der Waals surface area (Å²) in [5.41, 5.74) is 0.750. The van der Waals surface area contributed by atoms with E-state index in [4.69, 9.17) is 4.74 Å². The van der Waals surface area contributed by atoms with E-state index in [9.17, 15) is 9.11 Å². The van der Waals surface area contributed by atoms with Crippen molar-refractivity contribution in [2.75, 3.05) is 17.9 Å². The highest BCUT2D eigenvalue weighted by Gasteiger charge is 2.41. The average molecular weight is 385 g/mol. The zero-order valence-electron chi connectivity index (χ0n) is 15.2. The van der Waals surface area contributed by atoms with E-state index in [1.807, 2.05) is 73.8 Å². The molecular formula is C21H24N2O3S. The molecule has 0 saturated carbocycles. The maximum atomic E-state index is 11.2. The number of para-hydroxylation sites is 1. The minimum Gasteiger partial charge on any atom is -0.467 e. The standard InChI is InChI=1S/C21H24N2O3S/c1-22-13-7-12-21-26-20-15-17-9-6-5-8-16(17)14-19(20)23(27(21,24)25)18-10-3-2-4-11-18/h2-6,8-11,14-15,21-22,24-25H,7,12-13H2,1H3. The van der Waals surface area contributed by atoms with E-state index < -0.39 is 16.2 Å². The molecule has 0 saturated heterocycles. The van der Waals surface area contributed by atoms with Crippen molar-refractivity contribution in [2.45, 2.75) is 18.3 Å². The van der Waals surface area contributed by atoms with Crippen LogP contribution < -0.4 is 14.4 Å². The fourth-order valence-corrected chi connectivity index (χ4v) is 5.26. The van der Waals surface area contributed by atoms with Gasteiger partial charge in [0.25, 0.3) is 0 Å². The van der Waals surface area contributed by atoms with Crippen molar-refractivity contribution in [1.82, 2.24) is 5.32 Å². The fraction of sp³-hybridized carbons (Fsp3) is 0.238. The van der Waals surface area contributed by atoms with Crippen LogP contribution in [-0.4, -0.2) is 28.1 Å². The van der Waals surface area contributed by atoms with E-state index >= 15 is 0 Å². The first kappa shape index (κ1) is 18.1. The molecule has 142 valence electrons. The predicted molar refractivity (Wildman–Crippen MR) is 113 cm³/mol. The van der Waals surface area contributed by atoms with Gasteiger partial charge >= 0.3 is 0 Å². The molecule has 0 amide bonds. The number of fused-ring (bicyclic) bond motifs is 2. The van der Waals surface area contributed by atoms with E-state index in [1.165, 1.54) is 0 Å². The number of anilines is 2. The summed E-state index contributed by atoms with van der Waals surface area (Å²) in [5, 5.41) is 5.20. The molecule has 27 heavy (non-hydrogen) atoms. The number of hydrogen-bond donors (Lipinski definition) is 3. The molecule has 0 aliphatic carbocycles. The van der Waals surface area contributed by atoms with E-state index in [0.29, 0.717) is 17.9 Å². The second-order valence-electron chi connectivity index (χ2n) is 6.65. The molecule has 3 aromatic rings. The molecule has 4 rings (SSSR count). The molecule has 3 N–H and O–H groups in total. The van der Waals surface area contributed by atoms with Crippen LogP contribution in [0.25, 0.3) is 10.8 Å². The summed E-state index contributed by atoms with van der Waals surface area (Å²) < 4.78 is 30.1. The van der Waals surface area contributed by atoms with Crippen LogP contribution in [0.15, 0.2) is 66.7 Å². The molecule has 0 aromatic heterocycles. The second-order valence-corrected chi connectivity index (χ2v) is 8.66. The number of nitrogens with one attached hydrogen (secondary N) is 1. The zero-order valence-corrected chi connectivity index (χ0v) is 16.0. The largest absolute Gasteiger partial charge is 0.467 e. The van der Waals surface area contributed by atoms with Gasteiger partial charge in [-0.2, -0.15) is 0 Å². The fourth-order valence-electron chi connectivity index (χ4n) is 3.45. The molecule has 0 radical (unpaired) electrons. The van der Waals surface area contributed by atoms with Gasteiger partial charge in [-0.15, -0.1) is 0 Å². The van der Waals surface area contributed by atoms with E-state index in [2.05, 4.69) is 5.32 Å². The molecule has 0 bridgehead atoms. The third kappa shape index (κ3) is 3.37. The molecule has 1 aliphatic rings. The maximum absolute atomic E-state index is 11.2. The van der Waals surface area contributed by atoms with Crippen LogP contribution in [0.4, 0.5) is 11.4 Å². The Morgan fingerprint density at radius 1 is 1.00 bits per heavy atom. The first-order valence-corrected chi connectivity index (χ1v) is 10.6. The summed E-state index contributed by atoms with van der Waals surface area (Å²) in [4.78, 5) is 0. The lowest BCUT2D eigenvalue weighted by Crippen LogP contribution is -2.39. The van der Waals surface area contributed by atoms with Crippen LogP contribution in [0, 0.1) is 0 Å².